The van der Waals surface area contributed by atoms with Crippen LogP contribution in [0.4, 0.5) is 13.2 Å². The molecule has 0 saturated heterocycles. The van der Waals surface area contributed by atoms with Crippen LogP contribution in [0.3, 0.4) is 0 Å². The van der Waals surface area contributed by atoms with Crippen LogP contribution in [0, 0.1) is 0 Å². The summed E-state index contributed by atoms with van der Waals surface area (Å²) < 4.78 is 38.8. The maximum Gasteiger partial charge on any atom is 0.435 e. The van der Waals surface area contributed by atoms with Gasteiger partial charge in [-0.2, -0.15) is 18.3 Å². The lowest BCUT2D eigenvalue weighted by molar-refractivity contribution is -0.142. The third-order valence-corrected chi connectivity index (χ3v) is 2.39. The topological polar surface area (TPSA) is 29.9 Å². The SMILES string of the molecule is Cl.Cn1nc(C(F)(F)F)c2c1CNCC2. The van der Waals surface area contributed by atoms with E-state index in [2.05, 4.69) is 10.4 Å². The molecule has 0 fully saturated rings. The van der Waals surface area contributed by atoms with E-state index < -0.39 is 11.9 Å². The van der Waals surface area contributed by atoms with Crippen LogP contribution in [0.1, 0.15) is 17.0 Å². The largest absolute Gasteiger partial charge is 0.435 e. The van der Waals surface area contributed by atoms with E-state index in [1.807, 2.05) is 0 Å². The molecule has 3 nitrogen and oxygen atoms in total. The summed E-state index contributed by atoms with van der Waals surface area (Å²) in [6.07, 6.45) is -3.93. The second-order valence-corrected chi connectivity index (χ2v) is 3.32. The van der Waals surface area contributed by atoms with Crippen molar-refractivity contribution in [1.82, 2.24) is 15.1 Å². The Morgan fingerprint density at radius 2 is 2.07 bits per heavy atom. The Hall–Kier alpha value is -0.750. The zero-order valence-corrected chi connectivity index (χ0v) is 8.87. The molecule has 1 aromatic rings. The van der Waals surface area contributed by atoms with Crippen LogP contribution in [0.15, 0.2) is 0 Å². The summed E-state index contributed by atoms with van der Waals surface area (Å²) in [6.45, 7) is 1.05. The number of alkyl halides is 3. The van der Waals surface area contributed by atoms with Crippen LogP contribution in [-0.2, 0) is 26.2 Å². The van der Waals surface area contributed by atoms with Gasteiger partial charge in [-0.3, -0.25) is 4.68 Å². The third-order valence-electron chi connectivity index (χ3n) is 2.39. The van der Waals surface area contributed by atoms with Crippen LogP contribution < -0.4 is 5.32 Å². The van der Waals surface area contributed by atoms with Gasteiger partial charge in [0, 0.05) is 19.2 Å². The highest BCUT2D eigenvalue weighted by atomic mass is 35.5. The molecule has 1 aliphatic heterocycles. The molecule has 0 atom stereocenters. The molecule has 2 heterocycles. The molecule has 0 bridgehead atoms. The summed E-state index contributed by atoms with van der Waals surface area (Å²) >= 11 is 0. The van der Waals surface area contributed by atoms with Crippen LogP contribution in [-0.4, -0.2) is 16.3 Å². The number of fused-ring (bicyclic) bond motifs is 1. The Morgan fingerprint density at radius 3 is 2.67 bits per heavy atom. The first-order valence-corrected chi connectivity index (χ1v) is 4.33. The molecule has 2 rings (SSSR count). The van der Waals surface area contributed by atoms with Gasteiger partial charge in [-0.05, 0) is 13.0 Å². The highest BCUT2D eigenvalue weighted by Gasteiger charge is 2.38. The summed E-state index contributed by atoms with van der Waals surface area (Å²) in [7, 11) is 1.54. The van der Waals surface area contributed by atoms with Crippen molar-refractivity contribution in [3.63, 3.8) is 0 Å². The van der Waals surface area contributed by atoms with Crippen LogP contribution in [0.2, 0.25) is 0 Å². The standard InChI is InChI=1S/C8H10F3N3.ClH/c1-14-6-4-12-3-2-5(6)7(13-14)8(9,10)11;/h12H,2-4H2,1H3;1H. The van der Waals surface area contributed by atoms with Crippen molar-refractivity contribution < 1.29 is 13.2 Å². The van der Waals surface area contributed by atoms with Crippen LogP contribution >= 0.6 is 12.4 Å². The highest BCUT2D eigenvalue weighted by molar-refractivity contribution is 5.85. The average molecular weight is 242 g/mol. The van der Waals surface area contributed by atoms with E-state index in [1.54, 1.807) is 7.05 Å². The van der Waals surface area contributed by atoms with E-state index in [0.29, 0.717) is 30.8 Å². The number of halogens is 4. The molecule has 0 aliphatic carbocycles. The summed E-state index contributed by atoms with van der Waals surface area (Å²) in [4.78, 5) is 0. The predicted molar refractivity (Wildman–Crippen MR) is 50.9 cm³/mol. The van der Waals surface area contributed by atoms with Gasteiger partial charge in [0.25, 0.3) is 0 Å². The van der Waals surface area contributed by atoms with E-state index in [4.69, 9.17) is 0 Å². The van der Waals surface area contributed by atoms with E-state index in [1.165, 1.54) is 4.68 Å². The Morgan fingerprint density at radius 1 is 1.40 bits per heavy atom. The molecule has 0 spiro atoms. The average Bonchev–Trinajstić information content (AvgIpc) is 2.44. The molecule has 7 heteroatoms. The molecular weight excluding hydrogens is 231 g/mol. The Labute approximate surface area is 91.1 Å². The summed E-state index contributed by atoms with van der Waals surface area (Å²) in [6, 6.07) is 0. The van der Waals surface area contributed by atoms with E-state index >= 15 is 0 Å². The maximum absolute atomic E-state index is 12.5. The second kappa shape index (κ2) is 4.02. The van der Waals surface area contributed by atoms with E-state index in [9.17, 15) is 13.2 Å². The molecule has 0 radical (unpaired) electrons. The summed E-state index contributed by atoms with van der Waals surface area (Å²) in [5, 5.41) is 6.53. The van der Waals surface area contributed by atoms with Crippen molar-refractivity contribution in [2.45, 2.75) is 19.1 Å². The molecule has 15 heavy (non-hydrogen) atoms. The van der Waals surface area contributed by atoms with Crippen LogP contribution in [0.5, 0.6) is 0 Å². The maximum atomic E-state index is 12.5. The highest BCUT2D eigenvalue weighted by Crippen LogP contribution is 2.33. The van der Waals surface area contributed by atoms with E-state index in [0.717, 1.165) is 0 Å². The minimum atomic E-state index is -4.33. The number of hydrogen-bond donors (Lipinski definition) is 1. The minimum Gasteiger partial charge on any atom is -0.311 e. The molecule has 1 aromatic heterocycles. The zero-order chi connectivity index (χ0) is 10.3. The van der Waals surface area contributed by atoms with Crippen molar-refractivity contribution in [3.05, 3.63) is 17.0 Å². The summed E-state index contributed by atoms with van der Waals surface area (Å²) in [5.41, 5.74) is 0.263. The zero-order valence-electron chi connectivity index (χ0n) is 8.06. The fourth-order valence-corrected chi connectivity index (χ4v) is 1.73. The summed E-state index contributed by atoms with van der Waals surface area (Å²) in [5.74, 6) is 0. The first-order valence-electron chi connectivity index (χ1n) is 4.33. The third kappa shape index (κ3) is 2.10. The number of rotatable bonds is 0. The lowest BCUT2D eigenvalue weighted by Crippen LogP contribution is -2.25. The van der Waals surface area contributed by atoms with Gasteiger partial charge in [-0.15, -0.1) is 12.4 Å². The monoisotopic (exact) mass is 241 g/mol. The minimum absolute atomic E-state index is 0. The van der Waals surface area contributed by atoms with Crippen molar-refractivity contribution >= 4 is 12.4 Å². The van der Waals surface area contributed by atoms with Crippen molar-refractivity contribution in [3.8, 4) is 0 Å². The normalized spacial score (nSPS) is 15.7. The number of aryl methyl sites for hydroxylation is 1. The van der Waals surface area contributed by atoms with Crippen molar-refractivity contribution in [2.75, 3.05) is 6.54 Å². The molecule has 0 amide bonds. The molecular formula is C8H11ClF3N3. The molecule has 86 valence electrons. The number of nitrogens with zero attached hydrogens (tertiary/aromatic N) is 2. The van der Waals surface area contributed by atoms with Crippen molar-refractivity contribution in [2.24, 2.45) is 7.05 Å². The van der Waals surface area contributed by atoms with Gasteiger partial charge in [0.15, 0.2) is 5.69 Å². The van der Waals surface area contributed by atoms with E-state index in [-0.39, 0.29) is 12.4 Å². The first kappa shape index (κ1) is 12.3. The second-order valence-electron chi connectivity index (χ2n) is 3.32. The molecule has 1 N–H and O–H groups in total. The fourth-order valence-electron chi connectivity index (χ4n) is 1.73. The smallest absolute Gasteiger partial charge is 0.311 e. The van der Waals surface area contributed by atoms with Gasteiger partial charge in [-0.25, -0.2) is 0 Å². The molecule has 0 saturated carbocycles. The predicted octanol–water partition coefficient (Wildman–Crippen LogP) is 1.51. The number of hydrogen-bond acceptors (Lipinski definition) is 2. The quantitative estimate of drug-likeness (QED) is 0.746. The van der Waals surface area contributed by atoms with Gasteiger partial charge >= 0.3 is 6.18 Å². The molecule has 0 unspecified atom stereocenters. The van der Waals surface area contributed by atoms with Gasteiger partial charge in [0.05, 0.1) is 5.69 Å². The van der Waals surface area contributed by atoms with Crippen LogP contribution in [0.25, 0.3) is 0 Å². The van der Waals surface area contributed by atoms with Crippen molar-refractivity contribution in [1.29, 1.82) is 0 Å². The lowest BCUT2D eigenvalue weighted by atomic mass is 10.1. The Balaban J connectivity index is 0.00000112. The van der Waals surface area contributed by atoms with Gasteiger partial charge in [-0.1, -0.05) is 0 Å². The van der Waals surface area contributed by atoms with Gasteiger partial charge in [0.2, 0.25) is 0 Å². The number of nitrogens with one attached hydrogen (secondary N) is 1. The number of aromatic nitrogens is 2. The fraction of sp³-hybridized carbons (Fsp3) is 0.625. The van der Waals surface area contributed by atoms with Gasteiger partial charge in [0.1, 0.15) is 0 Å². The lowest BCUT2D eigenvalue weighted by Gasteiger charge is -2.14. The first-order chi connectivity index (χ1) is 6.50. The Bertz CT molecular complexity index is 359. The Kier molecular flexibility index (Phi) is 3.30. The molecule has 0 aromatic carbocycles. The van der Waals surface area contributed by atoms with Gasteiger partial charge < -0.3 is 5.32 Å². The molecule has 1 aliphatic rings.